The SMILES string of the molecule is Cc1cc([C@H]2CCCN2C(=O)c2cc(-c3ccc4c(c3)OCO4)on2)no1. The van der Waals surface area contributed by atoms with Crippen molar-refractivity contribution >= 4 is 5.91 Å². The number of aryl methyl sites for hydroxylation is 1. The highest BCUT2D eigenvalue weighted by Gasteiger charge is 2.34. The second-order valence-electron chi connectivity index (χ2n) is 6.66. The first-order chi connectivity index (χ1) is 13.2. The topological polar surface area (TPSA) is 90.8 Å². The fourth-order valence-electron chi connectivity index (χ4n) is 3.57. The lowest BCUT2D eigenvalue weighted by Crippen LogP contribution is -2.30. The summed E-state index contributed by atoms with van der Waals surface area (Å²) in [4.78, 5) is 14.7. The van der Waals surface area contributed by atoms with Crippen molar-refractivity contribution < 1.29 is 23.3 Å². The molecule has 2 aliphatic rings. The molecule has 8 heteroatoms. The van der Waals surface area contributed by atoms with Crippen LogP contribution >= 0.6 is 0 Å². The summed E-state index contributed by atoms with van der Waals surface area (Å²) in [7, 11) is 0. The van der Waals surface area contributed by atoms with Crippen molar-refractivity contribution in [3.8, 4) is 22.8 Å². The Morgan fingerprint density at radius 1 is 1.11 bits per heavy atom. The highest BCUT2D eigenvalue weighted by Crippen LogP contribution is 2.37. The second-order valence-corrected chi connectivity index (χ2v) is 6.66. The van der Waals surface area contributed by atoms with Crippen molar-refractivity contribution in [3.63, 3.8) is 0 Å². The van der Waals surface area contributed by atoms with Crippen LogP contribution < -0.4 is 9.47 Å². The molecule has 0 aliphatic carbocycles. The second kappa shape index (κ2) is 6.15. The Bertz CT molecular complexity index is 1010. The Hall–Kier alpha value is -3.29. The van der Waals surface area contributed by atoms with Gasteiger partial charge in [-0.25, -0.2) is 0 Å². The molecular weight excluding hydrogens is 350 g/mol. The van der Waals surface area contributed by atoms with E-state index in [1.54, 1.807) is 11.0 Å². The Morgan fingerprint density at radius 3 is 2.85 bits per heavy atom. The summed E-state index contributed by atoms with van der Waals surface area (Å²) in [5, 5.41) is 8.05. The quantitative estimate of drug-likeness (QED) is 0.701. The number of hydrogen-bond donors (Lipinski definition) is 0. The lowest BCUT2D eigenvalue weighted by Gasteiger charge is -2.21. The number of carbonyl (C=O) groups is 1. The van der Waals surface area contributed by atoms with Crippen LogP contribution in [0.15, 0.2) is 39.4 Å². The molecular formula is C19H17N3O5. The van der Waals surface area contributed by atoms with E-state index in [1.807, 2.05) is 31.2 Å². The molecule has 1 fully saturated rings. The van der Waals surface area contributed by atoms with E-state index in [0.717, 1.165) is 29.9 Å². The third-order valence-electron chi connectivity index (χ3n) is 4.89. The van der Waals surface area contributed by atoms with Gasteiger partial charge in [0.05, 0.1) is 6.04 Å². The van der Waals surface area contributed by atoms with E-state index in [-0.39, 0.29) is 24.4 Å². The van der Waals surface area contributed by atoms with Crippen molar-refractivity contribution in [3.05, 3.63) is 47.5 Å². The first-order valence-electron chi connectivity index (χ1n) is 8.80. The van der Waals surface area contributed by atoms with Gasteiger partial charge < -0.3 is 23.4 Å². The third kappa shape index (κ3) is 2.73. The van der Waals surface area contributed by atoms with E-state index in [4.69, 9.17) is 18.5 Å². The molecule has 2 aromatic heterocycles. The average molecular weight is 367 g/mol. The monoisotopic (exact) mass is 367 g/mol. The summed E-state index contributed by atoms with van der Waals surface area (Å²) in [5.41, 5.74) is 1.82. The zero-order valence-corrected chi connectivity index (χ0v) is 14.7. The van der Waals surface area contributed by atoms with Gasteiger partial charge in [0, 0.05) is 24.2 Å². The first-order valence-corrected chi connectivity index (χ1v) is 8.80. The van der Waals surface area contributed by atoms with Crippen molar-refractivity contribution in [1.29, 1.82) is 0 Å². The number of nitrogens with zero attached hydrogens (tertiary/aromatic N) is 3. The summed E-state index contributed by atoms with van der Waals surface area (Å²) < 4.78 is 21.3. The van der Waals surface area contributed by atoms with E-state index in [0.29, 0.717) is 23.8 Å². The van der Waals surface area contributed by atoms with Crippen molar-refractivity contribution in [2.45, 2.75) is 25.8 Å². The van der Waals surface area contributed by atoms with E-state index in [1.165, 1.54) is 0 Å². The van der Waals surface area contributed by atoms with Crippen LogP contribution in [0.1, 0.15) is 40.8 Å². The van der Waals surface area contributed by atoms with Crippen LogP contribution in [0.4, 0.5) is 0 Å². The van der Waals surface area contributed by atoms with Gasteiger partial charge in [-0.2, -0.15) is 0 Å². The molecule has 0 unspecified atom stereocenters. The molecule has 2 aliphatic heterocycles. The van der Waals surface area contributed by atoms with Crippen LogP contribution in [0.25, 0.3) is 11.3 Å². The number of hydrogen-bond acceptors (Lipinski definition) is 7. The van der Waals surface area contributed by atoms with Crippen LogP contribution in [-0.2, 0) is 0 Å². The van der Waals surface area contributed by atoms with Gasteiger partial charge in [0.2, 0.25) is 6.79 Å². The fourth-order valence-corrected chi connectivity index (χ4v) is 3.57. The largest absolute Gasteiger partial charge is 0.454 e. The number of ether oxygens (including phenoxy) is 2. The van der Waals surface area contributed by atoms with E-state index < -0.39 is 0 Å². The number of rotatable bonds is 3. The zero-order valence-electron chi connectivity index (χ0n) is 14.7. The molecule has 0 bridgehead atoms. The van der Waals surface area contributed by atoms with Crippen LogP contribution in [0.3, 0.4) is 0 Å². The van der Waals surface area contributed by atoms with Crippen LogP contribution in [0.5, 0.6) is 11.5 Å². The minimum Gasteiger partial charge on any atom is -0.454 e. The molecule has 27 heavy (non-hydrogen) atoms. The smallest absolute Gasteiger partial charge is 0.276 e. The Morgan fingerprint density at radius 2 is 2.00 bits per heavy atom. The predicted octanol–water partition coefficient (Wildman–Crippen LogP) is 3.34. The minimum absolute atomic E-state index is 0.0966. The molecule has 1 atom stereocenters. The summed E-state index contributed by atoms with van der Waals surface area (Å²) in [6.07, 6.45) is 1.76. The first kappa shape index (κ1) is 15.9. The fraction of sp³-hybridized carbons (Fsp3) is 0.316. The number of aromatic nitrogens is 2. The maximum atomic E-state index is 13.0. The molecule has 3 aromatic rings. The Balaban J connectivity index is 1.40. The van der Waals surface area contributed by atoms with Crippen LogP contribution in [0, 0.1) is 6.92 Å². The number of carbonyl (C=O) groups excluding carboxylic acids is 1. The number of fused-ring (bicyclic) bond motifs is 1. The van der Waals surface area contributed by atoms with Crippen LogP contribution in [0.2, 0.25) is 0 Å². The maximum Gasteiger partial charge on any atom is 0.276 e. The molecule has 1 aromatic carbocycles. The van der Waals surface area contributed by atoms with Gasteiger partial charge in [-0.15, -0.1) is 0 Å². The average Bonchev–Trinajstić information content (AvgIpc) is 3.45. The molecule has 138 valence electrons. The molecule has 0 saturated carbocycles. The van der Waals surface area contributed by atoms with Crippen LogP contribution in [-0.4, -0.2) is 34.5 Å². The van der Waals surface area contributed by atoms with Gasteiger partial charge in [0.1, 0.15) is 11.5 Å². The van der Waals surface area contributed by atoms with Gasteiger partial charge in [0.25, 0.3) is 5.91 Å². The zero-order chi connectivity index (χ0) is 18.4. The summed E-state index contributed by atoms with van der Waals surface area (Å²) >= 11 is 0. The van der Waals surface area contributed by atoms with E-state index in [9.17, 15) is 4.79 Å². The van der Waals surface area contributed by atoms with Crippen molar-refractivity contribution in [2.75, 3.05) is 13.3 Å². The summed E-state index contributed by atoms with van der Waals surface area (Å²) in [5.74, 6) is 2.41. The molecule has 0 N–H and O–H groups in total. The Kier molecular flexibility index (Phi) is 3.63. The summed E-state index contributed by atoms with van der Waals surface area (Å²) in [6.45, 7) is 2.70. The number of likely N-dealkylation sites (tertiary alicyclic amines) is 1. The van der Waals surface area contributed by atoms with Gasteiger partial charge >= 0.3 is 0 Å². The standard InChI is InChI=1S/C19H17N3O5/c1-11-7-13(20-26-11)15-3-2-6-22(15)19(23)14-9-17(27-21-14)12-4-5-16-18(8-12)25-10-24-16/h4-5,7-9,15H,2-3,6,10H2,1H3/t15-/m1/s1. The maximum absolute atomic E-state index is 13.0. The summed E-state index contributed by atoms with van der Waals surface area (Å²) in [6, 6.07) is 8.90. The van der Waals surface area contributed by atoms with Crippen molar-refractivity contribution in [2.24, 2.45) is 0 Å². The van der Waals surface area contributed by atoms with E-state index in [2.05, 4.69) is 10.3 Å². The minimum atomic E-state index is -0.172. The highest BCUT2D eigenvalue weighted by molar-refractivity contribution is 5.93. The molecule has 0 radical (unpaired) electrons. The predicted molar refractivity (Wildman–Crippen MR) is 92.3 cm³/mol. The lowest BCUT2D eigenvalue weighted by atomic mass is 10.1. The normalized spacial score (nSPS) is 18.3. The lowest BCUT2D eigenvalue weighted by molar-refractivity contribution is 0.0720. The molecule has 5 rings (SSSR count). The molecule has 8 nitrogen and oxygen atoms in total. The third-order valence-corrected chi connectivity index (χ3v) is 4.89. The highest BCUT2D eigenvalue weighted by atomic mass is 16.7. The molecule has 4 heterocycles. The number of amides is 1. The van der Waals surface area contributed by atoms with E-state index >= 15 is 0 Å². The molecule has 1 saturated heterocycles. The van der Waals surface area contributed by atoms with Gasteiger partial charge in [0.15, 0.2) is 23.0 Å². The van der Waals surface area contributed by atoms with Crippen molar-refractivity contribution in [1.82, 2.24) is 15.2 Å². The molecule has 1 amide bonds. The van der Waals surface area contributed by atoms with Gasteiger partial charge in [-0.3, -0.25) is 4.79 Å². The molecule has 0 spiro atoms. The van der Waals surface area contributed by atoms with Gasteiger partial charge in [-0.1, -0.05) is 10.3 Å². The number of benzene rings is 1. The Labute approximate surface area is 154 Å². The van der Waals surface area contributed by atoms with Gasteiger partial charge in [-0.05, 0) is 38.0 Å².